The van der Waals surface area contributed by atoms with E-state index in [9.17, 15) is 9.59 Å². The van der Waals surface area contributed by atoms with Crippen LogP contribution in [0.1, 0.15) is 29.8 Å². The molecule has 0 saturated carbocycles. The quantitative estimate of drug-likeness (QED) is 0.749. The predicted molar refractivity (Wildman–Crippen MR) is 76.3 cm³/mol. The lowest BCUT2D eigenvalue weighted by Gasteiger charge is -2.15. The number of anilines is 1. The van der Waals surface area contributed by atoms with Gasteiger partial charge in [-0.2, -0.15) is 0 Å². The molecule has 0 heterocycles. The Morgan fingerprint density at radius 1 is 1.32 bits per heavy atom. The molecule has 19 heavy (non-hydrogen) atoms. The average molecular weight is 263 g/mol. The van der Waals surface area contributed by atoms with Crippen LogP contribution in [-0.4, -0.2) is 31.4 Å². The van der Waals surface area contributed by atoms with Crippen LogP contribution in [0.2, 0.25) is 0 Å². The Balaban J connectivity index is 2.81. The molecular weight excluding hydrogens is 242 g/mol. The zero-order chi connectivity index (χ0) is 14.4. The van der Waals surface area contributed by atoms with Crippen LogP contribution in [0.15, 0.2) is 18.2 Å². The molecule has 1 aromatic rings. The van der Waals surface area contributed by atoms with E-state index < -0.39 is 6.04 Å². The van der Waals surface area contributed by atoms with E-state index >= 15 is 0 Å². The minimum Gasteiger partial charge on any atom is -0.387 e. The summed E-state index contributed by atoms with van der Waals surface area (Å²) in [4.78, 5) is 23.7. The van der Waals surface area contributed by atoms with Crippen molar-refractivity contribution in [3.05, 3.63) is 29.3 Å². The average Bonchev–Trinajstić information content (AvgIpc) is 2.38. The molecule has 1 aromatic carbocycles. The van der Waals surface area contributed by atoms with E-state index in [0.717, 1.165) is 11.3 Å². The molecular formula is C14H21N3O2. The lowest BCUT2D eigenvalue weighted by Crippen LogP contribution is -2.44. The van der Waals surface area contributed by atoms with Crippen molar-refractivity contribution in [2.75, 3.05) is 18.9 Å². The third-order valence-electron chi connectivity index (χ3n) is 2.78. The number of amides is 2. The van der Waals surface area contributed by atoms with Gasteiger partial charge in [0.25, 0.3) is 5.91 Å². The number of benzene rings is 1. The molecule has 2 amide bonds. The van der Waals surface area contributed by atoms with Gasteiger partial charge in [0.1, 0.15) is 6.04 Å². The molecule has 104 valence electrons. The van der Waals surface area contributed by atoms with Gasteiger partial charge in [0.2, 0.25) is 5.91 Å². The third-order valence-corrected chi connectivity index (χ3v) is 2.78. The first kappa shape index (κ1) is 15.0. The fraction of sp³-hybridized carbons (Fsp3) is 0.429. The fourth-order valence-corrected chi connectivity index (χ4v) is 1.73. The summed E-state index contributed by atoms with van der Waals surface area (Å²) in [7, 11) is 1.76. The van der Waals surface area contributed by atoms with Crippen LogP contribution < -0.4 is 16.0 Å². The maximum atomic E-state index is 12.1. The first-order valence-electron chi connectivity index (χ1n) is 6.36. The Morgan fingerprint density at radius 3 is 2.58 bits per heavy atom. The summed E-state index contributed by atoms with van der Waals surface area (Å²) in [6, 6.07) is 4.96. The lowest BCUT2D eigenvalue weighted by atomic mass is 10.1. The molecule has 1 unspecified atom stereocenters. The second-order valence-corrected chi connectivity index (χ2v) is 4.39. The summed E-state index contributed by atoms with van der Waals surface area (Å²) in [5, 5.41) is 8.34. The minimum absolute atomic E-state index is 0.186. The highest BCUT2D eigenvalue weighted by Gasteiger charge is 2.17. The van der Waals surface area contributed by atoms with Crippen molar-refractivity contribution in [3.63, 3.8) is 0 Å². The van der Waals surface area contributed by atoms with Crippen LogP contribution in [-0.2, 0) is 4.79 Å². The van der Waals surface area contributed by atoms with Crippen LogP contribution in [0.3, 0.4) is 0 Å². The Bertz CT molecular complexity index is 472. The lowest BCUT2D eigenvalue weighted by molar-refractivity contribution is -0.122. The molecule has 0 aliphatic heterocycles. The van der Waals surface area contributed by atoms with Gasteiger partial charge in [0.15, 0.2) is 0 Å². The number of nitrogens with one attached hydrogen (secondary N) is 3. The molecule has 1 atom stereocenters. The zero-order valence-corrected chi connectivity index (χ0v) is 11.8. The van der Waals surface area contributed by atoms with Gasteiger partial charge >= 0.3 is 0 Å². The van der Waals surface area contributed by atoms with Crippen molar-refractivity contribution >= 4 is 17.5 Å². The van der Waals surface area contributed by atoms with E-state index in [1.165, 1.54) is 0 Å². The number of hydrogen-bond acceptors (Lipinski definition) is 3. The molecule has 0 radical (unpaired) electrons. The van der Waals surface area contributed by atoms with E-state index in [1.807, 2.05) is 26.0 Å². The van der Waals surface area contributed by atoms with Crippen LogP contribution >= 0.6 is 0 Å². The molecule has 3 N–H and O–H groups in total. The normalized spacial score (nSPS) is 11.6. The SMILES string of the molecule is CCNC(=O)C(C)NC(=O)c1ccc(C)cc1NC. The minimum atomic E-state index is -0.557. The van der Waals surface area contributed by atoms with Crippen molar-refractivity contribution in [1.82, 2.24) is 10.6 Å². The van der Waals surface area contributed by atoms with E-state index in [1.54, 1.807) is 20.0 Å². The molecule has 0 aliphatic rings. The maximum Gasteiger partial charge on any atom is 0.254 e. The highest BCUT2D eigenvalue weighted by molar-refractivity contribution is 6.01. The fourth-order valence-electron chi connectivity index (χ4n) is 1.73. The van der Waals surface area contributed by atoms with Gasteiger partial charge in [-0.15, -0.1) is 0 Å². The Kier molecular flexibility index (Phi) is 5.36. The number of carbonyl (C=O) groups is 2. The summed E-state index contributed by atoms with van der Waals surface area (Å²) in [5.74, 6) is -0.447. The van der Waals surface area contributed by atoms with Gasteiger partial charge in [-0.3, -0.25) is 9.59 Å². The van der Waals surface area contributed by atoms with E-state index in [4.69, 9.17) is 0 Å². The summed E-state index contributed by atoms with van der Waals surface area (Å²) < 4.78 is 0. The van der Waals surface area contributed by atoms with Gasteiger partial charge in [0, 0.05) is 19.3 Å². The molecule has 0 spiro atoms. The van der Waals surface area contributed by atoms with Gasteiger partial charge in [-0.1, -0.05) is 6.07 Å². The Morgan fingerprint density at radius 2 is 2.00 bits per heavy atom. The highest BCUT2D eigenvalue weighted by atomic mass is 16.2. The van der Waals surface area contributed by atoms with E-state index in [-0.39, 0.29) is 11.8 Å². The number of rotatable bonds is 5. The molecule has 1 rings (SSSR count). The van der Waals surface area contributed by atoms with Gasteiger partial charge in [0.05, 0.1) is 5.56 Å². The topological polar surface area (TPSA) is 70.2 Å². The Labute approximate surface area is 113 Å². The summed E-state index contributed by atoms with van der Waals surface area (Å²) in [5.41, 5.74) is 2.35. The number of hydrogen-bond donors (Lipinski definition) is 3. The van der Waals surface area contributed by atoms with Crippen molar-refractivity contribution < 1.29 is 9.59 Å². The van der Waals surface area contributed by atoms with Crippen LogP contribution in [0.25, 0.3) is 0 Å². The van der Waals surface area contributed by atoms with Gasteiger partial charge in [-0.05, 0) is 38.5 Å². The number of likely N-dealkylation sites (N-methyl/N-ethyl adjacent to an activating group) is 1. The Hall–Kier alpha value is -2.04. The van der Waals surface area contributed by atoms with Gasteiger partial charge < -0.3 is 16.0 Å². The maximum absolute atomic E-state index is 12.1. The molecule has 5 heteroatoms. The number of aryl methyl sites for hydroxylation is 1. The van der Waals surface area contributed by atoms with Crippen LogP contribution in [0.5, 0.6) is 0 Å². The molecule has 0 fully saturated rings. The summed E-state index contributed by atoms with van der Waals surface area (Å²) in [6.07, 6.45) is 0. The second kappa shape index (κ2) is 6.78. The zero-order valence-electron chi connectivity index (χ0n) is 11.8. The largest absolute Gasteiger partial charge is 0.387 e. The summed E-state index contributed by atoms with van der Waals surface area (Å²) in [6.45, 7) is 6.01. The van der Waals surface area contributed by atoms with Crippen molar-refractivity contribution in [1.29, 1.82) is 0 Å². The second-order valence-electron chi connectivity index (χ2n) is 4.39. The predicted octanol–water partition coefficient (Wildman–Crippen LogP) is 1.29. The molecule has 0 bridgehead atoms. The highest BCUT2D eigenvalue weighted by Crippen LogP contribution is 2.16. The van der Waals surface area contributed by atoms with Crippen LogP contribution in [0.4, 0.5) is 5.69 Å². The first-order valence-corrected chi connectivity index (χ1v) is 6.36. The molecule has 0 aliphatic carbocycles. The molecule has 0 aromatic heterocycles. The standard InChI is InChI=1S/C14H21N3O2/c1-5-16-13(18)10(3)17-14(19)11-7-6-9(2)8-12(11)15-4/h6-8,10,15H,5H2,1-4H3,(H,16,18)(H,17,19). The smallest absolute Gasteiger partial charge is 0.254 e. The van der Waals surface area contributed by atoms with Crippen LogP contribution in [0, 0.1) is 6.92 Å². The van der Waals surface area contributed by atoms with Gasteiger partial charge in [-0.25, -0.2) is 0 Å². The van der Waals surface area contributed by atoms with Crippen molar-refractivity contribution in [2.24, 2.45) is 0 Å². The molecule has 0 saturated heterocycles. The molecule has 5 nitrogen and oxygen atoms in total. The van der Waals surface area contributed by atoms with Crippen molar-refractivity contribution in [3.8, 4) is 0 Å². The van der Waals surface area contributed by atoms with Crippen molar-refractivity contribution in [2.45, 2.75) is 26.8 Å². The third kappa shape index (κ3) is 3.98. The number of carbonyl (C=O) groups excluding carboxylic acids is 2. The van der Waals surface area contributed by atoms with E-state index in [2.05, 4.69) is 16.0 Å². The first-order chi connectivity index (χ1) is 8.99. The monoisotopic (exact) mass is 263 g/mol. The van der Waals surface area contributed by atoms with E-state index in [0.29, 0.717) is 12.1 Å². The summed E-state index contributed by atoms with van der Waals surface area (Å²) >= 11 is 0.